The number of aromatic nitrogens is 4. The van der Waals surface area contributed by atoms with E-state index in [0.717, 1.165) is 33.4 Å². The lowest BCUT2D eigenvalue weighted by molar-refractivity contribution is -0.688. The van der Waals surface area contributed by atoms with Gasteiger partial charge in [0, 0.05) is 46.5 Å². The van der Waals surface area contributed by atoms with Gasteiger partial charge in [0.15, 0.2) is 37.9 Å². The van der Waals surface area contributed by atoms with Gasteiger partial charge in [-0.25, -0.2) is 13.8 Å². The summed E-state index contributed by atoms with van der Waals surface area (Å²) in [6.45, 7) is 1.21. The normalized spacial score (nSPS) is 12.1. The van der Waals surface area contributed by atoms with E-state index in [1.54, 1.807) is 24.3 Å². The van der Waals surface area contributed by atoms with Crippen molar-refractivity contribution in [1.29, 1.82) is 0 Å². The van der Waals surface area contributed by atoms with Gasteiger partial charge in [0.25, 0.3) is 0 Å². The summed E-state index contributed by atoms with van der Waals surface area (Å²) in [4.78, 5) is 36.7. The van der Waals surface area contributed by atoms with Gasteiger partial charge in [0.1, 0.15) is 11.0 Å². The van der Waals surface area contributed by atoms with Crippen molar-refractivity contribution in [3.8, 4) is 22.3 Å². The molecule has 0 fully saturated rings. The van der Waals surface area contributed by atoms with Crippen LogP contribution in [0.3, 0.4) is 0 Å². The Balaban J connectivity index is 1.15. The van der Waals surface area contributed by atoms with Crippen molar-refractivity contribution in [1.82, 2.24) is 10.3 Å². The van der Waals surface area contributed by atoms with Gasteiger partial charge in [-0.15, -0.1) is 0 Å². The van der Waals surface area contributed by atoms with Crippen LogP contribution in [0.25, 0.3) is 33.3 Å². The molecule has 0 bridgehead atoms. The van der Waals surface area contributed by atoms with Crippen LogP contribution in [0.15, 0.2) is 114 Å². The highest BCUT2D eigenvalue weighted by atomic mass is 31.2. The molecule has 0 atom stereocenters. The van der Waals surface area contributed by atoms with Gasteiger partial charge in [0.2, 0.25) is 0 Å². The minimum absolute atomic E-state index is 0.272. The van der Waals surface area contributed by atoms with Crippen LogP contribution in [0.4, 0.5) is 0 Å². The fourth-order valence-corrected chi connectivity index (χ4v) is 6.59. The van der Waals surface area contributed by atoms with E-state index in [-0.39, 0.29) is 12.3 Å². The number of nitrogens with zero attached hydrogens (tertiary/aromatic N) is 4. The molecule has 45 heavy (non-hydrogen) atoms. The van der Waals surface area contributed by atoms with Gasteiger partial charge >= 0.3 is 15.2 Å². The quantitative estimate of drug-likeness (QED) is 0.124. The Morgan fingerprint density at radius 2 is 0.844 bits per heavy atom. The summed E-state index contributed by atoms with van der Waals surface area (Å²) in [6.07, 6.45) is 7.32. The minimum Gasteiger partial charge on any atom is -0.324 e. The molecule has 3 heterocycles. The maximum atomic E-state index is 11.2. The van der Waals surface area contributed by atoms with Crippen LogP contribution in [0.2, 0.25) is 0 Å². The molecule has 13 heteroatoms. The predicted molar refractivity (Wildman–Crippen MR) is 166 cm³/mol. The van der Waals surface area contributed by atoms with E-state index in [2.05, 4.69) is 10.3 Å². The maximum Gasteiger partial charge on any atom is 0.329 e. The lowest BCUT2D eigenvalue weighted by Crippen LogP contribution is -2.33. The topological polar surface area (TPSA) is 162 Å². The summed E-state index contributed by atoms with van der Waals surface area (Å²) >= 11 is 0. The Bertz CT molecular complexity index is 1890. The third-order valence-corrected chi connectivity index (χ3v) is 8.93. The van der Waals surface area contributed by atoms with Gasteiger partial charge in [-0.3, -0.25) is 9.13 Å². The average molecular weight is 645 g/mol. The molecule has 228 valence electrons. The van der Waals surface area contributed by atoms with Crippen LogP contribution in [0, 0.1) is 0 Å². The molecular formula is C32H30N4O7P2+2. The summed E-state index contributed by atoms with van der Waals surface area (Å²) in [6, 6.07) is 26.4. The molecular weight excluding hydrogens is 614 g/mol. The third kappa shape index (κ3) is 7.85. The van der Waals surface area contributed by atoms with Crippen molar-refractivity contribution in [2.45, 2.75) is 25.4 Å². The van der Waals surface area contributed by atoms with Crippen LogP contribution in [0.1, 0.15) is 22.3 Å². The smallest absolute Gasteiger partial charge is 0.324 e. The zero-order valence-corrected chi connectivity index (χ0v) is 25.7. The molecule has 11 nitrogen and oxygen atoms in total. The Kier molecular flexibility index (Phi) is 8.57. The van der Waals surface area contributed by atoms with Crippen molar-refractivity contribution in [2.75, 3.05) is 0 Å². The number of pyridine rings is 2. The highest BCUT2D eigenvalue weighted by molar-refractivity contribution is 7.51. The maximum absolute atomic E-state index is 11.2. The molecule has 3 aromatic carbocycles. The largest absolute Gasteiger partial charge is 0.329 e. The molecule has 0 saturated carbocycles. The Morgan fingerprint density at radius 3 is 1.18 bits per heavy atom. The summed E-state index contributed by atoms with van der Waals surface area (Å²) in [7, 11) is -8.20. The van der Waals surface area contributed by atoms with Crippen LogP contribution in [-0.4, -0.2) is 29.9 Å². The van der Waals surface area contributed by atoms with Crippen LogP contribution < -0.4 is 9.13 Å². The second kappa shape index (κ2) is 12.6. The number of benzene rings is 3. The zero-order valence-electron chi connectivity index (χ0n) is 23.9. The average Bonchev–Trinajstić information content (AvgIpc) is 3.49. The number of hydrogen-bond donors (Lipinski definition) is 4. The second-order valence-electron chi connectivity index (χ2n) is 10.9. The van der Waals surface area contributed by atoms with Crippen molar-refractivity contribution in [3.63, 3.8) is 0 Å². The Hall–Kier alpha value is -4.34. The first-order valence-electron chi connectivity index (χ1n) is 14.0. The standard InChI is InChI=1S/C32H28N4O7P2/c37-44(38,39)21-25-5-1-23(2-6-25)19-35-15-11-27(12-16-35)29-9-10-30(32-31(29)33-43-34-32)28-13-17-36(18-14-28)20-24-3-7-26(8-4-24)22-45(40,41)42/h1-18H,19-22H2,(H2-2,37,38,39,40,41,42)/p+2. The van der Waals surface area contributed by atoms with Crippen molar-refractivity contribution in [2.24, 2.45) is 0 Å². The zero-order chi connectivity index (χ0) is 31.6. The first-order valence-corrected chi connectivity index (χ1v) is 17.6. The van der Waals surface area contributed by atoms with Gasteiger partial charge in [-0.2, -0.15) is 0 Å². The van der Waals surface area contributed by atoms with Gasteiger partial charge in [0.05, 0.1) is 12.3 Å². The lowest BCUT2D eigenvalue weighted by Gasteiger charge is -2.07. The summed E-state index contributed by atoms with van der Waals surface area (Å²) in [5, 5.41) is 8.41. The molecule has 4 N–H and O–H groups in total. The molecule has 0 unspecified atom stereocenters. The fraction of sp³-hybridized carbons (Fsp3) is 0.125. The van der Waals surface area contributed by atoms with E-state index in [1.165, 1.54) is 0 Å². The Morgan fingerprint density at radius 1 is 0.511 bits per heavy atom. The number of rotatable bonds is 10. The first kappa shape index (κ1) is 30.7. The lowest BCUT2D eigenvalue weighted by atomic mass is 9.99. The Labute approximate surface area is 258 Å². The molecule has 6 rings (SSSR count). The van der Waals surface area contributed by atoms with Gasteiger partial charge in [-0.05, 0) is 32.6 Å². The molecule has 0 aliphatic heterocycles. The van der Waals surface area contributed by atoms with Crippen LogP contribution in [0.5, 0.6) is 0 Å². The first-order chi connectivity index (χ1) is 21.5. The van der Waals surface area contributed by atoms with Crippen molar-refractivity contribution in [3.05, 3.63) is 132 Å². The summed E-state index contributed by atoms with van der Waals surface area (Å²) in [5.41, 5.74) is 8.19. The van der Waals surface area contributed by atoms with Gasteiger partial charge < -0.3 is 19.6 Å². The molecule has 3 aromatic heterocycles. The van der Waals surface area contributed by atoms with Crippen molar-refractivity contribution < 1.29 is 42.5 Å². The third-order valence-electron chi connectivity index (χ3n) is 7.37. The SMILES string of the molecule is O=P(O)(O)Cc1ccc(C[n+]2ccc(-c3ccc(-c4cc[n+](Cc5ccc(CP(=O)(O)O)cc5)cc4)c4nonc34)cc2)cc1. The molecule has 0 saturated heterocycles. The molecule has 0 amide bonds. The summed E-state index contributed by atoms with van der Waals surface area (Å²) in [5.74, 6) is 0. The second-order valence-corrected chi connectivity index (χ2v) is 14.2. The predicted octanol–water partition coefficient (Wildman–Crippen LogP) is 4.58. The van der Waals surface area contributed by atoms with E-state index in [0.29, 0.717) is 35.2 Å². The highest BCUT2D eigenvalue weighted by Gasteiger charge is 2.18. The van der Waals surface area contributed by atoms with E-state index < -0.39 is 15.2 Å². The van der Waals surface area contributed by atoms with E-state index in [4.69, 9.17) is 4.63 Å². The fourth-order valence-electron chi connectivity index (χ4n) is 5.21. The molecule has 0 radical (unpaired) electrons. The van der Waals surface area contributed by atoms with Crippen LogP contribution in [-0.2, 0) is 34.5 Å². The van der Waals surface area contributed by atoms with Crippen molar-refractivity contribution >= 4 is 26.2 Å². The molecule has 0 aliphatic rings. The van der Waals surface area contributed by atoms with E-state index in [1.807, 2.05) is 94.6 Å². The van der Waals surface area contributed by atoms with Gasteiger partial charge in [-0.1, -0.05) is 60.7 Å². The highest BCUT2D eigenvalue weighted by Crippen LogP contribution is 2.39. The van der Waals surface area contributed by atoms with E-state index in [9.17, 15) is 28.7 Å². The summed E-state index contributed by atoms with van der Waals surface area (Å²) < 4.78 is 31.7. The molecule has 0 aliphatic carbocycles. The number of fused-ring (bicyclic) bond motifs is 1. The van der Waals surface area contributed by atoms with Crippen LogP contribution >= 0.6 is 15.2 Å². The minimum atomic E-state index is -4.10. The monoisotopic (exact) mass is 644 g/mol. The molecule has 6 aromatic rings. The molecule has 0 spiro atoms. The van der Waals surface area contributed by atoms with E-state index >= 15 is 0 Å². The number of hydrogen-bond acceptors (Lipinski definition) is 5.